The van der Waals surface area contributed by atoms with E-state index in [1.807, 2.05) is 25.1 Å². The van der Waals surface area contributed by atoms with Crippen molar-refractivity contribution in [2.75, 3.05) is 12.4 Å². The van der Waals surface area contributed by atoms with E-state index in [1.165, 1.54) is 0 Å². The number of benzene rings is 1. The molecule has 6 nitrogen and oxygen atoms in total. The summed E-state index contributed by atoms with van der Waals surface area (Å²) in [6, 6.07) is 6.92. The van der Waals surface area contributed by atoms with Crippen molar-refractivity contribution in [2.24, 2.45) is 0 Å². The monoisotopic (exact) mass is 392 g/mol. The summed E-state index contributed by atoms with van der Waals surface area (Å²) in [5.41, 5.74) is 3.29. The third kappa shape index (κ3) is 4.46. The molecule has 0 amide bonds. The van der Waals surface area contributed by atoms with Gasteiger partial charge in [-0.2, -0.15) is 0 Å². The molecule has 3 N–H and O–H groups in total. The van der Waals surface area contributed by atoms with Gasteiger partial charge in [0.2, 0.25) is 0 Å². The van der Waals surface area contributed by atoms with Crippen LogP contribution in [-0.2, 0) is 14.5 Å². The fraction of sp³-hybridized carbons (Fsp3) is 0.474. The molecule has 2 heterocycles. The van der Waals surface area contributed by atoms with Crippen LogP contribution >= 0.6 is 0 Å². The van der Waals surface area contributed by atoms with Crippen molar-refractivity contribution < 1.29 is 28.3 Å². The third-order valence-corrected chi connectivity index (χ3v) is 7.35. The Labute approximate surface area is 160 Å². The predicted octanol–water partition coefficient (Wildman–Crippen LogP) is 1.93. The fourth-order valence-electron chi connectivity index (χ4n) is 3.89. The van der Waals surface area contributed by atoms with Gasteiger partial charge in [0.1, 0.15) is 5.75 Å². The first-order chi connectivity index (χ1) is 12.8. The molecular formula is C19H25BO6S. The van der Waals surface area contributed by atoms with E-state index >= 15 is 0 Å². The van der Waals surface area contributed by atoms with E-state index in [9.17, 15) is 23.7 Å². The first-order valence-electron chi connectivity index (χ1n) is 9.20. The average molecular weight is 392 g/mol. The van der Waals surface area contributed by atoms with E-state index in [-0.39, 0.29) is 24.4 Å². The summed E-state index contributed by atoms with van der Waals surface area (Å²) in [5, 5.41) is 28.2. The van der Waals surface area contributed by atoms with Gasteiger partial charge in [-0.3, -0.25) is 0 Å². The van der Waals surface area contributed by atoms with Gasteiger partial charge in [0.05, 0.1) is 23.7 Å². The molecule has 2 aliphatic rings. The smallest absolute Gasteiger partial charge is 0.456 e. The number of rotatable bonds is 6. The Morgan fingerprint density at radius 3 is 2.67 bits per heavy atom. The van der Waals surface area contributed by atoms with Crippen LogP contribution in [-0.4, -0.2) is 54.5 Å². The molecule has 0 aliphatic carbocycles. The molecule has 1 aromatic carbocycles. The normalized spacial score (nSPS) is 25.0. The molecule has 3 rings (SSSR count). The first-order valence-corrected chi connectivity index (χ1v) is 10.9. The van der Waals surface area contributed by atoms with Crippen LogP contribution in [0.1, 0.15) is 31.7 Å². The fourth-order valence-corrected chi connectivity index (χ4v) is 6.00. The Bertz CT molecular complexity index is 843. The Morgan fingerprint density at radius 1 is 1.33 bits per heavy atom. The summed E-state index contributed by atoms with van der Waals surface area (Å²) in [7, 11) is -4.49. The van der Waals surface area contributed by atoms with Crippen LogP contribution in [0.4, 0.5) is 0 Å². The maximum atomic E-state index is 12.4. The number of sulfone groups is 1. The number of aliphatic hydroxyl groups excluding tert-OH is 1. The van der Waals surface area contributed by atoms with Gasteiger partial charge in [0.15, 0.2) is 9.84 Å². The molecule has 0 spiro atoms. The zero-order valence-electron chi connectivity index (χ0n) is 15.3. The van der Waals surface area contributed by atoms with Crippen molar-refractivity contribution in [2.45, 2.75) is 43.9 Å². The molecular weight excluding hydrogens is 367 g/mol. The minimum atomic E-state index is -3.38. The summed E-state index contributed by atoms with van der Waals surface area (Å²) >= 11 is 0. The molecule has 1 aromatic rings. The zero-order valence-corrected chi connectivity index (χ0v) is 16.2. The quantitative estimate of drug-likeness (QED) is 0.505. The highest BCUT2D eigenvalue weighted by Gasteiger charge is 2.48. The highest BCUT2D eigenvalue weighted by molar-refractivity contribution is 7.92. The van der Waals surface area contributed by atoms with E-state index in [2.05, 4.69) is 0 Å². The second-order valence-corrected chi connectivity index (χ2v) is 9.30. The molecule has 0 saturated carbocycles. The summed E-state index contributed by atoms with van der Waals surface area (Å²) in [6.45, 7) is 1.75. The van der Waals surface area contributed by atoms with Gasteiger partial charge in [-0.15, -0.1) is 0 Å². The molecule has 27 heavy (non-hydrogen) atoms. The van der Waals surface area contributed by atoms with E-state index in [4.69, 9.17) is 4.65 Å². The number of hydrogen-bond acceptors (Lipinski definition) is 6. The Hall–Kier alpha value is -1.61. The van der Waals surface area contributed by atoms with Gasteiger partial charge in [-0.05, 0) is 48.1 Å². The van der Waals surface area contributed by atoms with Gasteiger partial charge in [-0.1, -0.05) is 30.7 Å². The van der Waals surface area contributed by atoms with Crippen molar-refractivity contribution in [3.05, 3.63) is 46.5 Å². The minimum Gasteiger partial charge on any atom is -0.508 e. The molecule has 0 unspecified atom stereocenters. The highest BCUT2D eigenvalue weighted by Crippen LogP contribution is 2.39. The Morgan fingerprint density at radius 2 is 2.04 bits per heavy atom. The third-order valence-electron chi connectivity index (χ3n) is 5.28. The molecule has 2 aliphatic heterocycles. The SMILES string of the molecule is CC/C(=C\c1ccc(O)cc1)CC[C@H]1OB(O)C[C@H]2C1=C(CO)CS2(=O)=O. The second-order valence-electron chi connectivity index (χ2n) is 7.11. The summed E-state index contributed by atoms with van der Waals surface area (Å²) in [4.78, 5) is 0. The first kappa shape index (κ1) is 20.1. The molecule has 0 radical (unpaired) electrons. The van der Waals surface area contributed by atoms with E-state index < -0.39 is 28.3 Å². The van der Waals surface area contributed by atoms with Crippen molar-refractivity contribution >= 4 is 23.0 Å². The van der Waals surface area contributed by atoms with E-state index in [0.29, 0.717) is 24.0 Å². The number of allylic oxidation sites excluding steroid dienone is 1. The summed E-state index contributed by atoms with van der Waals surface area (Å²) in [6.07, 6.45) is 3.62. The second kappa shape index (κ2) is 8.18. The lowest BCUT2D eigenvalue weighted by molar-refractivity contribution is 0.168. The number of aromatic hydroxyl groups is 1. The lowest BCUT2D eigenvalue weighted by Crippen LogP contribution is -2.42. The van der Waals surface area contributed by atoms with Crippen LogP contribution in [0.25, 0.3) is 6.08 Å². The molecule has 1 saturated heterocycles. The van der Waals surface area contributed by atoms with Gasteiger partial charge >= 0.3 is 7.12 Å². The van der Waals surface area contributed by atoms with Crippen molar-refractivity contribution in [3.8, 4) is 5.75 Å². The van der Waals surface area contributed by atoms with Crippen molar-refractivity contribution in [3.63, 3.8) is 0 Å². The average Bonchev–Trinajstić information content (AvgIpc) is 2.90. The minimum absolute atomic E-state index is 0.0294. The molecule has 8 heteroatoms. The van der Waals surface area contributed by atoms with Crippen LogP contribution in [0.2, 0.25) is 6.32 Å². The Kier molecular flexibility index (Phi) is 6.10. The molecule has 0 bridgehead atoms. The Balaban J connectivity index is 1.78. The van der Waals surface area contributed by atoms with Crippen molar-refractivity contribution in [1.29, 1.82) is 0 Å². The molecule has 0 aromatic heterocycles. The van der Waals surface area contributed by atoms with Crippen LogP contribution < -0.4 is 0 Å². The van der Waals surface area contributed by atoms with Gasteiger partial charge in [0.25, 0.3) is 0 Å². The van der Waals surface area contributed by atoms with Crippen LogP contribution in [0.15, 0.2) is 41.0 Å². The van der Waals surface area contributed by atoms with Crippen LogP contribution in [0.3, 0.4) is 0 Å². The zero-order chi connectivity index (χ0) is 19.6. The molecule has 2 atom stereocenters. The van der Waals surface area contributed by atoms with E-state index in [1.54, 1.807) is 12.1 Å². The topological polar surface area (TPSA) is 104 Å². The number of hydrogen-bond donors (Lipinski definition) is 3. The largest absolute Gasteiger partial charge is 0.508 e. The molecule has 1 fully saturated rings. The number of fused-ring (bicyclic) bond motifs is 1. The van der Waals surface area contributed by atoms with E-state index in [0.717, 1.165) is 17.6 Å². The number of phenols is 1. The lowest BCUT2D eigenvalue weighted by Gasteiger charge is -2.32. The maximum Gasteiger partial charge on any atom is 0.456 e. The van der Waals surface area contributed by atoms with Gasteiger partial charge < -0.3 is 19.9 Å². The lowest BCUT2D eigenvalue weighted by atomic mass is 9.74. The summed E-state index contributed by atoms with van der Waals surface area (Å²) in [5.74, 6) is 0.0619. The summed E-state index contributed by atoms with van der Waals surface area (Å²) < 4.78 is 30.4. The van der Waals surface area contributed by atoms with Gasteiger partial charge in [-0.25, -0.2) is 8.42 Å². The van der Waals surface area contributed by atoms with Gasteiger partial charge in [0, 0.05) is 6.32 Å². The molecule has 146 valence electrons. The highest BCUT2D eigenvalue weighted by atomic mass is 32.2. The predicted molar refractivity (Wildman–Crippen MR) is 105 cm³/mol. The number of phenolic OH excluding ortho intramolecular Hbond substituents is 1. The van der Waals surface area contributed by atoms with Crippen molar-refractivity contribution in [1.82, 2.24) is 0 Å². The standard InChI is InChI=1S/C19H25BO6S/c1-2-13(9-14-3-6-16(22)7-4-14)5-8-17-19-15(11-21)12-27(24,25)18(19)10-20(23)26-17/h3-4,6-7,9,17-18,21-23H,2,5,8,10-12H2,1H3/b13-9+/t17-,18+/m1/s1. The maximum absolute atomic E-state index is 12.4. The van der Waals surface area contributed by atoms with Crippen LogP contribution in [0.5, 0.6) is 5.75 Å². The number of aliphatic hydroxyl groups is 1. The van der Waals surface area contributed by atoms with Crippen LogP contribution in [0, 0.1) is 0 Å².